The molecule has 5 heteroatoms. The molecule has 0 aliphatic carbocycles. The van der Waals surface area contributed by atoms with Gasteiger partial charge in [-0.25, -0.2) is 4.98 Å². The van der Waals surface area contributed by atoms with E-state index in [9.17, 15) is 0 Å². The van der Waals surface area contributed by atoms with Crippen molar-refractivity contribution in [2.75, 3.05) is 7.11 Å². The molecule has 0 saturated carbocycles. The molecular formula is C14H18BrN3O. The number of benzene rings is 1. The summed E-state index contributed by atoms with van der Waals surface area (Å²) >= 11 is 3.34. The van der Waals surface area contributed by atoms with Crippen LogP contribution in [0, 0.1) is 0 Å². The van der Waals surface area contributed by atoms with E-state index in [0.717, 1.165) is 27.3 Å². The van der Waals surface area contributed by atoms with Crippen LogP contribution in [0.5, 0.6) is 5.75 Å². The van der Waals surface area contributed by atoms with Crippen LogP contribution in [0.2, 0.25) is 0 Å². The van der Waals surface area contributed by atoms with Crippen molar-refractivity contribution >= 4 is 15.9 Å². The molecule has 2 rings (SSSR count). The van der Waals surface area contributed by atoms with Crippen molar-refractivity contribution in [3.8, 4) is 5.75 Å². The zero-order valence-electron chi connectivity index (χ0n) is 11.3. The quantitative estimate of drug-likeness (QED) is 0.906. The highest BCUT2D eigenvalue weighted by molar-refractivity contribution is 9.10. The Morgan fingerprint density at radius 1 is 1.37 bits per heavy atom. The van der Waals surface area contributed by atoms with Gasteiger partial charge in [0.1, 0.15) is 16.2 Å². The van der Waals surface area contributed by atoms with Gasteiger partial charge in [0.2, 0.25) is 0 Å². The van der Waals surface area contributed by atoms with Gasteiger partial charge in [0.25, 0.3) is 0 Å². The highest BCUT2D eigenvalue weighted by atomic mass is 79.9. The summed E-state index contributed by atoms with van der Waals surface area (Å²) in [6, 6.07) is 5.76. The van der Waals surface area contributed by atoms with E-state index in [2.05, 4.69) is 45.8 Å². The van der Waals surface area contributed by atoms with Gasteiger partial charge < -0.3 is 15.5 Å². The maximum Gasteiger partial charge on any atom is 0.128 e. The standard InChI is InChI=1S/C14H18BrN3O/c1-8(2)10-6-9(4-5-11(10)19-3)13(16)14-17-7-12(15)18-14/h4-8,13H,16H2,1-3H3,(H,17,18). The number of aromatic nitrogens is 2. The first-order chi connectivity index (χ1) is 9.02. The van der Waals surface area contributed by atoms with Crippen LogP contribution in [0.4, 0.5) is 0 Å². The Morgan fingerprint density at radius 3 is 2.63 bits per heavy atom. The summed E-state index contributed by atoms with van der Waals surface area (Å²) in [6.45, 7) is 4.27. The van der Waals surface area contributed by atoms with E-state index in [0.29, 0.717) is 5.92 Å². The number of ether oxygens (including phenoxy) is 1. The average molecular weight is 324 g/mol. The predicted octanol–water partition coefficient (Wildman–Crippen LogP) is 3.35. The Bertz CT molecular complexity index is 566. The Labute approximate surface area is 121 Å². The van der Waals surface area contributed by atoms with Gasteiger partial charge in [0.15, 0.2) is 0 Å². The zero-order valence-corrected chi connectivity index (χ0v) is 12.9. The molecule has 2 aromatic rings. The summed E-state index contributed by atoms with van der Waals surface area (Å²) < 4.78 is 6.21. The van der Waals surface area contributed by atoms with Crippen LogP contribution in [-0.4, -0.2) is 17.1 Å². The second-order valence-electron chi connectivity index (χ2n) is 4.75. The summed E-state index contributed by atoms with van der Waals surface area (Å²) in [5.74, 6) is 2.02. The Morgan fingerprint density at radius 2 is 2.11 bits per heavy atom. The van der Waals surface area contributed by atoms with Gasteiger partial charge >= 0.3 is 0 Å². The number of nitrogens with zero attached hydrogens (tertiary/aromatic N) is 1. The van der Waals surface area contributed by atoms with Crippen LogP contribution in [-0.2, 0) is 0 Å². The van der Waals surface area contributed by atoms with Crippen molar-refractivity contribution in [1.29, 1.82) is 0 Å². The molecule has 0 amide bonds. The van der Waals surface area contributed by atoms with E-state index < -0.39 is 0 Å². The number of nitrogens with two attached hydrogens (primary N) is 1. The highest BCUT2D eigenvalue weighted by Crippen LogP contribution is 2.30. The second-order valence-corrected chi connectivity index (χ2v) is 5.60. The second kappa shape index (κ2) is 5.75. The number of H-pyrrole nitrogens is 1. The largest absolute Gasteiger partial charge is 0.496 e. The van der Waals surface area contributed by atoms with E-state index in [4.69, 9.17) is 10.5 Å². The van der Waals surface area contributed by atoms with Gasteiger partial charge in [-0.05, 0) is 45.1 Å². The molecule has 1 aromatic carbocycles. The molecule has 1 atom stereocenters. The van der Waals surface area contributed by atoms with Crippen molar-refractivity contribution in [2.24, 2.45) is 5.73 Å². The summed E-state index contributed by atoms with van der Waals surface area (Å²) in [4.78, 5) is 7.35. The minimum absolute atomic E-state index is 0.269. The van der Waals surface area contributed by atoms with Gasteiger partial charge in [-0.3, -0.25) is 0 Å². The van der Waals surface area contributed by atoms with E-state index in [1.807, 2.05) is 12.1 Å². The molecule has 0 spiro atoms. The number of methoxy groups -OCH3 is 1. The van der Waals surface area contributed by atoms with Crippen molar-refractivity contribution in [3.05, 3.63) is 46.0 Å². The summed E-state index contributed by atoms with van der Waals surface area (Å²) in [5.41, 5.74) is 8.41. The molecule has 4 nitrogen and oxygen atoms in total. The van der Waals surface area contributed by atoms with Gasteiger partial charge in [0, 0.05) is 0 Å². The molecular weight excluding hydrogens is 306 g/mol. The first-order valence-electron chi connectivity index (χ1n) is 6.16. The van der Waals surface area contributed by atoms with E-state index >= 15 is 0 Å². The lowest BCUT2D eigenvalue weighted by molar-refractivity contribution is 0.407. The fourth-order valence-corrected chi connectivity index (χ4v) is 2.33. The van der Waals surface area contributed by atoms with E-state index in [1.165, 1.54) is 0 Å². The first-order valence-corrected chi connectivity index (χ1v) is 6.96. The molecule has 102 valence electrons. The maximum atomic E-state index is 6.23. The first kappa shape index (κ1) is 14.1. The predicted molar refractivity (Wildman–Crippen MR) is 79.4 cm³/mol. The highest BCUT2D eigenvalue weighted by Gasteiger charge is 2.15. The number of nitrogens with one attached hydrogen (secondary N) is 1. The molecule has 19 heavy (non-hydrogen) atoms. The van der Waals surface area contributed by atoms with Crippen molar-refractivity contribution in [1.82, 2.24) is 9.97 Å². The number of imidazole rings is 1. The van der Waals surface area contributed by atoms with Crippen LogP contribution >= 0.6 is 15.9 Å². The summed E-state index contributed by atoms with van der Waals surface area (Å²) in [7, 11) is 1.68. The Kier molecular flexibility index (Phi) is 4.27. The summed E-state index contributed by atoms with van der Waals surface area (Å²) in [5, 5.41) is 0. The number of hydrogen-bond acceptors (Lipinski definition) is 3. The van der Waals surface area contributed by atoms with Crippen molar-refractivity contribution in [3.63, 3.8) is 0 Å². The third-order valence-electron chi connectivity index (χ3n) is 3.09. The number of rotatable bonds is 4. The molecule has 1 heterocycles. The molecule has 0 fully saturated rings. The Balaban J connectivity index is 2.37. The van der Waals surface area contributed by atoms with Gasteiger partial charge in [-0.15, -0.1) is 0 Å². The SMILES string of the molecule is COc1ccc(C(N)c2ncc(Br)[nH]2)cc1C(C)C. The van der Waals surface area contributed by atoms with Gasteiger partial charge in [-0.1, -0.05) is 19.9 Å². The smallest absolute Gasteiger partial charge is 0.128 e. The number of halogens is 1. The van der Waals surface area contributed by atoms with Crippen molar-refractivity contribution in [2.45, 2.75) is 25.8 Å². The molecule has 0 aliphatic heterocycles. The fraction of sp³-hybridized carbons (Fsp3) is 0.357. The van der Waals surface area contributed by atoms with Gasteiger partial charge in [-0.2, -0.15) is 0 Å². The lowest BCUT2D eigenvalue weighted by atomic mass is 9.96. The molecule has 3 N–H and O–H groups in total. The van der Waals surface area contributed by atoms with Crippen LogP contribution < -0.4 is 10.5 Å². The Hall–Kier alpha value is -1.33. The van der Waals surface area contributed by atoms with Crippen LogP contribution in [0.3, 0.4) is 0 Å². The number of hydrogen-bond donors (Lipinski definition) is 2. The lowest BCUT2D eigenvalue weighted by Gasteiger charge is -2.16. The third kappa shape index (κ3) is 2.98. The fourth-order valence-electron chi connectivity index (χ4n) is 2.03. The van der Waals surface area contributed by atoms with Crippen molar-refractivity contribution < 1.29 is 4.74 Å². The van der Waals surface area contributed by atoms with E-state index in [1.54, 1.807) is 13.3 Å². The minimum atomic E-state index is -0.269. The molecule has 1 aromatic heterocycles. The third-order valence-corrected chi connectivity index (χ3v) is 3.50. The molecule has 0 saturated heterocycles. The maximum absolute atomic E-state index is 6.23. The van der Waals surface area contributed by atoms with Crippen LogP contribution in [0.25, 0.3) is 0 Å². The van der Waals surface area contributed by atoms with Gasteiger partial charge in [0.05, 0.1) is 19.3 Å². The minimum Gasteiger partial charge on any atom is -0.496 e. The lowest BCUT2D eigenvalue weighted by Crippen LogP contribution is -2.14. The monoisotopic (exact) mass is 323 g/mol. The van der Waals surface area contributed by atoms with Crippen LogP contribution in [0.15, 0.2) is 29.0 Å². The van der Waals surface area contributed by atoms with Crippen LogP contribution in [0.1, 0.15) is 42.8 Å². The zero-order chi connectivity index (χ0) is 14.0. The summed E-state index contributed by atoms with van der Waals surface area (Å²) in [6.07, 6.45) is 1.71. The normalized spacial score (nSPS) is 12.7. The molecule has 0 aliphatic rings. The average Bonchev–Trinajstić information content (AvgIpc) is 2.83. The number of aromatic amines is 1. The van der Waals surface area contributed by atoms with E-state index in [-0.39, 0.29) is 6.04 Å². The molecule has 0 radical (unpaired) electrons. The molecule has 0 bridgehead atoms. The molecule has 1 unspecified atom stereocenters. The topological polar surface area (TPSA) is 63.9 Å².